The van der Waals surface area contributed by atoms with E-state index in [1.165, 1.54) is 16.8 Å². The number of methoxy groups -OCH3 is 1. The fraction of sp³-hybridized carbons (Fsp3) is 0.545. The van der Waals surface area contributed by atoms with E-state index in [0.717, 1.165) is 49.8 Å². The van der Waals surface area contributed by atoms with Gasteiger partial charge in [0.05, 0.1) is 12.8 Å². The maximum atomic E-state index is 5.23. The highest BCUT2D eigenvalue weighted by Crippen LogP contribution is 2.21. The lowest BCUT2D eigenvalue weighted by molar-refractivity contribution is 0.414. The SMILES string of the molecule is CCc1nn(C)c(CC)c1CNC(=NC)NCCC(C)c1ccc(OC)cc1. The van der Waals surface area contributed by atoms with Crippen molar-refractivity contribution in [3.05, 3.63) is 46.8 Å². The Morgan fingerprint density at radius 3 is 2.46 bits per heavy atom. The van der Waals surface area contributed by atoms with Crippen LogP contribution in [0.25, 0.3) is 0 Å². The third kappa shape index (κ3) is 5.50. The summed E-state index contributed by atoms with van der Waals surface area (Å²) in [4.78, 5) is 4.36. The topological polar surface area (TPSA) is 63.5 Å². The molecule has 6 heteroatoms. The maximum Gasteiger partial charge on any atom is 0.191 e. The fourth-order valence-corrected chi connectivity index (χ4v) is 3.49. The molecule has 0 bridgehead atoms. The summed E-state index contributed by atoms with van der Waals surface area (Å²) in [6, 6.07) is 8.31. The summed E-state index contributed by atoms with van der Waals surface area (Å²) < 4.78 is 7.23. The average molecular weight is 386 g/mol. The highest BCUT2D eigenvalue weighted by Gasteiger charge is 2.14. The Morgan fingerprint density at radius 2 is 1.89 bits per heavy atom. The minimum absolute atomic E-state index is 0.466. The van der Waals surface area contributed by atoms with E-state index in [4.69, 9.17) is 4.74 Å². The Bertz CT molecular complexity index is 764. The number of hydrogen-bond acceptors (Lipinski definition) is 3. The van der Waals surface area contributed by atoms with Crippen molar-refractivity contribution in [1.82, 2.24) is 20.4 Å². The van der Waals surface area contributed by atoms with Crippen molar-refractivity contribution in [3.8, 4) is 5.75 Å². The zero-order valence-corrected chi connectivity index (χ0v) is 18.2. The summed E-state index contributed by atoms with van der Waals surface area (Å²) >= 11 is 0. The van der Waals surface area contributed by atoms with Gasteiger partial charge in [0.25, 0.3) is 0 Å². The molecule has 0 aliphatic carbocycles. The summed E-state index contributed by atoms with van der Waals surface area (Å²) in [5, 5.41) is 11.5. The van der Waals surface area contributed by atoms with Gasteiger partial charge in [-0.1, -0.05) is 32.9 Å². The van der Waals surface area contributed by atoms with E-state index in [-0.39, 0.29) is 0 Å². The van der Waals surface area contributed by atoms with Gasteiger partial charge in [0, 0.05) is 38.4 Å². The molecule has 6 nitrogen and oxygen atoms in total. The Morgan fingerprint density at radius 1 is 1.18 bits per heavy atom. The molecule has 1 aromatic carbocycles. The average Bonchev–Trinajstić information content (AvgIpc) is 3.04. The number of aryl methyl sites for hydroxylation is 2. The molecular formula is C22H35N5O. The van der Waals surface area contributed by atoms with Crippen LogP contribution >= 0.6 is 0 Å². The number of rotatable bonds is 9. The first-order chi connectivity index (χ1) is 13.5. The number of hydrogen-bond donors (Lipinski definition) is 2. The van der Waals surface area contributed by atoms with E-state index in [1.807, 2.05) is 30.9 Å². The Kier molecular flexibility index (Phi) is 8.36. The van der Waals surface area contributed by atoms with Crippen LogP contribution in [0, 0.1) is 0 Å². The molecule has 2 aromatic rings. The third-order valence-corrected chi connectivity index (χ3v) is 5.24. The molecule has 154 valence electrons. The van der Waals surface area contributed by atoms with E-state index in [1.54, 1.807) is 7.11 Å². The molecule has 1 atom stereocenters. The van der Waals surface area contributed by atoms with E-state index in [2.05, 4.69) is 53.6 Å². The predicted molar refractivity (Wildman–Crippen MR) is 116 cm³/mol. The fourth-order valence-electron chi connectivity index (χ4n) is 3.49. The molecule has 2 rings (SSSR count). The Labute approximate surface area is 169 Å². The van der Waals surface area contributed by atoms with Gasteiger partial charge >= 0.3 is 0 Å². The van der Waals surface area contributed by atoms with Crippen molar-refractivity contribution in [2.45, 2.75) is 52.5 Å². The zero-order chi connectivity index (χ0) is 20.5. The molecule has 28 heavy (non-hydrogen) atoms. The number of nitrogens with one attached hydrogen (secondary N) is 2. The first-order valence-corrected chi connectivity index (χ1v) is 10.2. The number of aromatic nitrogens is 2. The number of benzene rings is 1. The van der Waals surface area contributed by atoms with Gasteiger partial charge in [0.1, 0.15) is 5.75 Å². The summed E-state index contributed by atoms with van der Waals surface area (Å²) in [6.07, 6.45) is 2.95. The summed E-state index contributed by atoms with van der Waals surface area (Å²) in [5.41, 5.74) is 5.06. The molecule has 2 N–H and O–H groups in total. The van der Waals surface area contributed by atoms with Crippen LogP contribution in [0.5, 0.6) is 5.75 Å². The quantitative estimate of drug-likeness (QED) is 0.513. The van der Waals surface area contributed by atoms with Crippen LogP contribution in [-0.4, -0.2) is 36.4 Å². The lowest BCUT2D eigenvalue weighted by Crippen LogP contribution is -2.37. The minimum atomic E-state index is 0.466. The maximum absolute atomic E-state index is 5.23. The first kappa shape index (κ1) is 21.8. The van der Waals surface area contributed by atoms with Gasteiger partial charge in [0.15, 0.2) is 5.96 Å². The van der Waals surface area contributed by atoms with Gasteiger partial charge in [-0.05, 0) is 42.9 Å². The van der Waals surface area contributed by atoms with E-state index in [0.29, 0.717) is 5.92 Å². The van der Waals surface area contributed by atoms with E-state index < -0.39 is 0 Å². The number of aliphatic imine (C=N–C) groups is 1. The molecule has 1 aromatic heterocycles. The second kappa shape index (κ2) is 10.7. The lowest BCUT2D eigenvalue weighted by Gasteiger charge is -2.16. The van der Waals surface area contributed by atoms with Crippen LogP contribution in [0.4, 0.5) is 0 Å². The monoisotopic (exact) mass is 385 g/mol. The van der Waals surface area contributed by atoms with Gasteiger partial charge in [0.2, 0.25) is 0 Å². The van der Waals surface area contributed by atoms with Crippen molar-refractivity contribution < 1.29 is 4.74 Å². The molecule has 0 aliphatic heterocycles. The number of ether oxygens (including phenoxy) is 1. The van der Waals surface area contributed by atoms with E-state index >= 15 is 0 Å². The normalized spacial score (nSPS) is 12.7. The van der Waals surface area contributed by atoms with Crippen LogP contribution in [0.2, 0.25) is 0 Å². The predicted octanol–water partition coefficient (Wildman–Crippen LogP) is 3.41. The van der Waals surface area contributed by atoms with Gasteiger partial charge in [-0.15, -0.1) is 0 Å². The molecule has 0 spiro atoms. The van der Waals surface area contributed by atoms with Crippen molar-refractivity contribution in [1.29, 1.82) is 0 Å². The van der Waals surface area contributed by atoms with Gasteiger partial charge in [-0.2, -0.15) is 5.10 Å². The zero-order valence-electron chi connectivity index (χ0n) is 18.2. The van der Waals surface area contributed by atoms with Crippen LogP contribution in [-0.2, 0) is 26.4 Å². The third-order valence-electron chi connectivity index (χ3n) is 5.24. The molecule has 0 saturated carbocycles. The number of nitrogens with zero attached hydrogens (tertiary/aromatic N) is 3. The molecule has 1 unspecified atom stereocenters. The van der Waals surface area contributed by atoms with Crippen LogP contribution < -0.4 is 15.4 Å². The number of guanidine groups is 1. The van der Waals surface area contributed by atoms with Crippen molar-refractivity contribution >= 4 is 5.96 Å². The largest absolute Gasteiger partial charge is 0.497 e. The standard InChI is InChI=1S/C22H35N5O/c1-7-20-19(21(8-2)27(5)26-20)15-25-22(23-4)24-14-13-16(3)17-9-11-18(28-6)12-10-17/h9-12,16H,7-8,13-15H2,1-6H3,(H2,23,24,25). The minimum Gasteiger partial charge on any atom is -0.497 e. The smallest absolute Gasteiger partial charge is 0.191 e. The van der Waals surface area contributed by atoms with Crippen LogP contribution in [0.1, 0.15) is 55.6 Å². The second-order valence-electron chi connectivity index (χ2n) is 7.02. The van der Waals surface area contributed by atoms with Crippen LogP contribution in [0.3, 0.4) is 0 Å². The Balaban J connectivity index is 1.86. The van der Waals surface area contributed by atoms with Crippen molar-refractivity contribution in [2.24, 2.45) is 12.0 Å². The highest BCUT2D eigenvalue weighted by atomic mass is 16.5. The molecule has 1 heterocycles. The molecule has 0 aliphatic rings. The van der Waals surface area contributed by atoms with Crippen molar-refractivity contribution in [3.63, 3.8) is 0 Å². The van der Waals surface area contributed by atoms with Gasteiger partial charge in [-0.3, -0.25) is 9.67 Å². The lowest BCUT2D eigenvalue weighted by atomic mass is 9.98. The molecule has 0 amide bonds. The summed E-state index contributed by atoms with van der Waals surface area (Å²) in [5.74, 6) is 2.19. The van der Waals surface area contributed by atoms with E-state index in [9.17, 15) is 0 Å². The molecule has 0 saturated heterocycles. The summed E-state index contributed by atoms with van der Waals surface area (Å²) in [6.45, 7) is 8.18. The van der Waals surface area contributed by atoms with Crippen molar-refractivity contribution in [2.75, 3.05) is 20.7 Å². The first-order valence-electron chi connectivity index (χ1n) is 10.2. The van der Waals surface area contributed by atoms with Gasteiger partial charge < -0.3 is 15.4 Å². The highest BCUT2D eigenvalue weighted by molar-refractivity contribution is 5.79. The molecule has 0 fully saturated rings. The van der Waals surface area contributed by atoms with Gasteiger partial charge in [-0.25, -0.2) is 0 Å². The molecular weight excluding hydrogens is 350 g/mol. The summed E-state index contributed by atoms with van der Waals surface area (Å²) in [7, 11) is 5.53. The Hall–Kier alpha value is -2.50. The molecule has 0 radical (unpaired) electrons. The second-order valence-corrected chi connectivity index (χ2v) is 7.02. The van der Waals surface area contributed by atoms with Crippen LogP contribution in [0.15, 0.2) is 29.3 Å².